The van der Waals surface area contributed by atoms with E-state index < -0.39 is 19.2 Å². The monoisotopic (exact) mass is 320 g/mol. The summed E-state index contributed by atoms with van der Waals surface area (Å²) in [4.78, 5) is 0. The van der Waals surface area contributed by atoms with Gasteiger partial charge in [0.05, 0.1) is 0 Å². The number of allylic oxidation sites excluding steroid dienone is 4. The van der Waals surface area contributed by atoms with E-state index in [-0.39, 0.29) is 0 Å². The van der Waals surface area contributed by atoms with Crippen molar-refractivity contribution in [2.75, 3.05) is 13.2 Å². The predicted molar refractivity (Wildman–Crippen MR) is 68.2 cm³/mol. The normalized spacial score (nSPS) is 13.1. The van der Waals surface area contributed by atoms with Gasteiger partial charge < -0.3 is 0 Å². The van der Waals surface area contributed by atoms with Crippen molar-refractivity contribution >= 4 is 19.2 Å². The van der Waals surface area contributed by atoms with Gasteiger partial charge in [0.25, 0.3) is 0 Å². The van der Waals surface area contributed by atoms with Crippen LogP contribution in [0.5, 0.6) is 0 Å². The molecule has 0 atom stereocenters. The van der Waals surface area contributed by atoms with Crippen molar-refractivity contribution < 1.29 is 6.15 Å². The molecule has 0 fully saturated rings. The van der Waals surface area contributed by atoms with Crippen molar-refractivity contribution in [2.24, 2.45) is 0 Å². The third-order valence-corrected chi connectivity index (χ3v) is 11.7. The second kappa shape index (κ2) is 9.43. The number of hydrogen-bond acceptors (Lipinski definition) is 2. The molecule has 3 heteroatoms. The van der Waals surface area contributed by atoms with Gasteiger partial charge in [-0.25, -0.2) is 0 Å². The minimum atomic E-state index is -2.80. The van der Waals surface area contributed by atoms with E-state index in [1.807, 2.05) is 13.8 Å². The molecular weight excluding hydrogens is 295 g/mol. The summed E-state index contributed by atoms with van der Waals surface area (Å²) in [7, 11) is 0. The first-order chi connectivity index (χ1) is 7.24. The molecule has 88 valence electrons. The summed E-state index contributed by atoms with van der Waals surface area (Å²) in [6.45, 7) is 9.73. The van der Waals surface area contributed by atoms with Gasteiger partial charge in [-0.1, -0.05) is 0 Å². The van der Waals surface area contributed by atoms with E-state index in [9.17, 15) is 0 Å². The fraction of sp³-hybridized carbons (Fsp3) is 0.667. The molecule has 0 aliphatic rings. The molecule has 15 heavy (non-hydrogen) atoms. The van der Waals surface area contributed by atoms with Crippen molar-refractivity contribution in [3.63, 3.8) is 0 Å². The van der Waals surface area contributed by atoms with Gasteiger partial charge in [0.1, 0.15) is 0 Å². The first-order valence-corrected chi connectivity index (χ1v) is 12.1. The van der Waals surface area contributed by atoms with Crippen LogP contribution in [0.25, 0.3) is 0 Å². The zero-order valence-corrected chi connectivity index (χ0v) is 13.3. The van der Waals surface area contributed by atoms with Crippen molar-refractivity contribution in [1.29, 1.82) is 0 Å². The van der Waals surface area contributed by atoms with Crippen molar-refractivity contribution in [2.45, 2.75) is 36.6 Å². The minimum absolute atomic E-state index is 0.769. The predicted octanol–water partition coefficient (Wildman–Crippen LogP) is 3.65. The summed E-state index contributed by atoms with van der Waals surface area (Å²) < 4.78 is 13.9. The molecule has 0 saturated heterocycles. The van der Waals surface area contributed by atoms with Crippen LogP contribution in [-0.2, 0) is 6.15 Å². The molecule has 0 heterocycles. The molecule has 0 aromatic rings. The van der Waals surface area contributed by atoms with Gasteiger partial charge in [0.15, 0.2) is 0 Å². The van der Waals surface area contributed by atoms with Gasteiger partial charge in [-0.3, -0.25) is 0 Å². The van der Waals surface area contributed by atoms with Gasteiger partial charge in [0.2, 0.25) is 0 Å². The van der Waals surface area contributed by atoms with Crippen LogP contribution in [0.4, 0.5) is 0 Å². The van der Waals surface area contributed by atoms with Crippen LogP contribution >= 0.6 is 0 Å². The molecule has 0 spiro atoms. The second-order valence-corrected chi connectivity index (χ2v) is 12.5. The Bertz CT molecular complexity index is 178. The van der Waals surface area contributed by atoms with Gasteiger partial charge in [0, 0.05) is 0 Å². The molecule has 0 saturated carbocycles. The van der Waals surface area contributed by atoms with Gasteiger partial charge in [-0.05, 0) is 0 Å². The molecule has 2 nitrogen and oxygen atoms in total. The Morgan fingerprint density at radius 1 is 0.867 bits per heavy atom. The zero-order chi connectivity index (χ0) is 11.6. The first kappa shape index (κ1) is 15.2. The Labute approximate surface area is 99.3 Å². The third-order valence-electron chi connectivity index (χ3n) is 2.14. The fourth-order valence-electron chi connectivity index (χ4n) is 1.48. The van der Waals surface area contributed by atoms with E-state index in [0.29, 0.717) is 0 Å². The Morgan fingerprint density at radius 2 is 1.27 bits per heavy atom. The average molecular weight is 319 g/mol. The molecular formula is C12H24O2Sn. The SMILES string of the molecule is CC=C[CH2][Sn]([CH2]C=CC)([O]CC)[O]CC. The van der Waals surface area contributed by atoms with Crippen LogP contribution in [0, 0.1) is 0 Å². The standard InChI is InChI=1S/2C4H7.2C2H5O.Sn/c2*1-3-4-2;2*1-2-3;/h2*3-4H,1H2,2H3;2*2H2,1H3;/q;;2*-1;+2. The topological polar surface area (TPSA) is 18.5 Å². The van der Waals surface area contributed by atoms with Crippen molar-refractivity contribution in [3.8, 4) is 0 Å². The van der Waals surface area contributed by atoms with Gasteiger partial charge >= 0.3 is 99.4 Å². The van der Waals surface area contributed by atoms with E-state index >= 15 is 0 Å². The van der Waals surface area contributed by atoms with E-state index in [2.05, 4.69) is 38.2 Å². The first-order valence-electron chi connectivity index (χ1n) is 5.74. The summed E-state index contributed by atoms with van der Waals surface area (Å²) in [6.07, 6.45) is 8.54. The number of hydrogen-bond donors (Lipinski definition) is 0. The molecule has 0 aliphatic heterocycles. The van der Waals surface area contributed by atoms with Crippen LogP contribution in [-0.4, -0.2) is 32.4 Å². The molecule has 0 rings (SSSR count). The molecule has 0 aromatic heterocycles. The Balaban J connectivity index is 4.53. The van der Waals surface area contributed by atoms with Crippen LogP contribution in [0.15, 0.2) is 24.3 Å². The van der Waals surface area contributed by atoms with E-state index in [1.54, 1.807) is 0 Å². The summed E-state index contributed by atoms with van der Waals surface area (Å²) in [5.41, 5.74) is 0. The molecule has 0 N–H and O–H groups in total. The molecule has 0 amide bonds. The third kappa shape index (κ3) is 6.38. The van der Waals surface area contributed by atoms with Crippen LogP contribution in [0.2, 0.25) is 8.87 Å². The Morgan fingerprint density at radius 3 is 1.53 bits per heavy atom. The van der Waals surface area contributed by atoms with E-state index in [1.165, 1.54) is 0 Å². The van der Waals surface area contributed by atoms with E-state index in [4.69, 9.17) is 6.15 Å². The van der Waals surface area contributed by atoms with Crippen molar-refractivity contribution in [3.05, 3.63) is 24.3 Å². The summed E-state index contributed by atoms with van der Waals surface area (Å²) in [5, 5.41) is 0. The average Bonchev–Trinajstić information content (AvgIpc) is 2.24. The second-order valence-electron chi connectivity index (χ2n) is 3.32. The maximum atomic E-state index is 5.96. The van der Waals surface area contributed by atoms with Crippen LogP contribution in [0.1, 0.15) is 27.7 Å². The zero-order valence-electron chi connectivity index (χ0n) is 10.5. The van der Waals surface area contributed by atoms with E-state index in [0.717, 1.165) is 22.1 Å². The quantitative estimate of drug-likeness (QED) is 0.502. The van der Waals surface area contributed by atoms with Crippen LogP contribution in [0.3, 0.4) is 0 Å². The number of rotatable bonds is 8. The van der Waals surface area contributed by atoms with Crippen molar-refractivity contribution in [1.82, 2.24) is 0 Å². The molecule has 0 radical (unpaired) electrons. The Kier molecular flexibility index (Phi) is 9.55. The molecule has 0 bridgehead atoms. The van der Waals surface area contributed by atoms with Gasteiger partial charge in [-0.15, -0.1) is 0 Å². The summed E-state index contributed by atoms with van der Waals surface area (Å²) >= 11 is -2.80. The summed E-state index contributed by atoms with van der Waals surface area (Å²) in [5.74, 6) is 0. The molecule has 0 aromatic carbocycles. The Hall–Kier alpha value is 0.199. The molecule has 0 aliphatic carbocycles. The fourth-order valence-corrected chi connectivity index (χ4v) is 9.94. The summed E-state index contributed by atoms with van der Waals surface area (Å²) in [6, 6.07) is 0. The van der Waals surface area contributed by atoms with Crippen LogP contribution < -0.4 is 0 Å². The maximum absolute atomic E-state index is 5.96. The molecule has 0 unspecified atom stereocenters. The van der Waals surface area contributed by atoms with Gasteiger partial charge in [-0.2, -0.15) is 0 Å².